The lowest BCUT2D eigenvalue weighted by Crippen LogP contribution is -2.04. The molecule has 0 bridgehead atoms. The van der Waals surface area contributed by atoms with E-state index in [1.807, 2.05) is 48.9 Å². The van der Waals surface area contributed by atoms with Gasteiger partial charge in [-0.05, 0) is 25.8 Å². The second-order valence-electron chi connectivity index (χ2n) is 5.16. The van der Waals surface area contributed by atoms with Gasteiger partial charge in [0.1, 0.15) is 0 Å². The number of hydrogen-bond acceptors (Lipinski definition) is 2. The van der Waals surface area contributed by atoms with Gasteiger partial charge in [0.2, 0.25) is 0 Å². The van der Waals surface area contributed by atoms with Gasteiger partial charge in [-0.3, -0.25) is 9.59 Å². The lowest BCUT2D eigenvalue weighted by Gasteiger charge is -2.08. The monoisotopic (exact) mass is 285 g/mol. The second kappa shape index (κ2) is 5.95. The number of carboxylic acid groups (broad SMARTS) is 1. The van der Waals surface area contributed by atoms with Crippen LogP contribution in [-0.4, -0.2) is 21.4 Å². The van der Waals surface area contributed by atoms with Gasteiger partial charge < -0.3 is 9.67 Å². The molecule has 0 fully saturated rings. The van der Waals surface area contributed by atoms with Crippen LogP contribution in [0.2, 0.25) is 0 Å². The Balaban J connectivity index is 2.66. The number of benzene rings is 1. The van der Waals surface area contributed by atoms with Gasteiger partial charge in [-0.1, -0.05) is 30.3 Å². The average molecular weight is 285 g/mol. The number of carboxylic acids is 1. The zero-order valence-corrected chi connectivity index (χ0v) is 12.5. The van der Waals surface area contributed by atoms with Gasteiger partial charge in [0, 0.05) is 29.6 Å². The van der Waals surface area contributed by atoms with Gasteiger partial charge in [-0.2, -0.15) is 0 Å². The third-order valence-electron chi connectivity index (χ3n) is 3.80. The van der Waals surface area contributed by atoms with E-state index < -0.39 is 5.97 Å². The van der Waals surface area contributed by atoms with Crippen LogP contribution in [0.5, 0.6) is 0 Å². The minimum atomic E-state index is -0.836. The minimum absolute atomic E-state index is 0.00327. The Morgan fingerprint density at radius 3 is 2.33 bits per heavy atom. The van der Waals surface area contributed by atoms with Crippen molar-refractivity contribution in [3.8, 4) is 11.1 Å². The van der Waals surface area contributed by atoms with Crippen molar-refractivity contribution in [2.45, 2.75) is 26.7 Å². The molecule has 1 aromatic carbocycles. The van der Waals surface area contributed by atoms with E-state index in [1.165, 1.54) is 0 Å². The fraction of sp³-hybridized carbons (Fsp3) is 0.294. The minimum Gasteiger partial charge on any atom is -0.481 e. The molecular formula is C17H19NO3. The number of nitrogens with zero attached hydrogens (tertiary/aromatic N) is 1. The van der Waals surface area contributed by atoms with E-state index in [9.17, 15) is 9.59 Å². The maximum absolute atomic E-state index is 12.0. The van der Waals surface area contributed by atoms with Gasteiger partial charge >= 0.3 is 5.97 Å². The third-order valence-corrected chi connectivity index (χ3v) is 3.80. The van der Waals surface area contributed by atoms with Crippen LogP contribution in [0.15, 0.2) is 30.3 Å². The van der Waals surface area contributed by atoms with Gasteiger partial charge in [0.15, 0.2) is 5.78 Å². The summed E-state index contributed by atoms with van der Waals surface area (Å²) in [5, 5.41) is 8.94. The molecule has 1 N–H and O–H groups in total. The van der Waals surface area contributed by atoms with E-state index in [0.717, 1.165) is 22.5 Å². The average Bonchev–Trinajstić information content (AvgIpc) is 2.70. The molecule has 4 heteroatoms. The van der Waals surface area contributed by atoms with Crippen molar-refractivity contribution in [2.24, 2.45) is 7.05 Å². The molecule has 0 saturated carbocycles. The molecule has 21 heavy (non-hydrogen) atoms. The summed E-state index contributed by atoms with van der Waals surface area (Å²) in [6, 6.07) is 9.66. The van der Waals surface area contributed by atoms with Crippen LogP contribution in [-0.2, 0) is 18.3 Å². The normalized spacial score (nSPS) is 10.6. The summed E-state index contributed by atoms with van der Waals surface area (Å²) in [5.41, 5.74) is 4.27. The summed E-state index contributed by atoms with van der Waals surface area (Å²) in [5.74, 6) is -0.833. The fourth-order valence-corrected chi connectivity index (χ4v) is 2.73. The third kappa shape index (κ3) is 2.89. The molecule has 0 amide bonds. The highest BCUT2D eigenvalue weighted by atomic mass is 16.4. The highest BCUT2D eigenvalue weighted by molar-refractivity contribution is 6.03. The van der Waals surface area contributed by atoms with E-state index in [2.05, 4.69) is 0 Å². The van der Waals surface area contributed by atoms with E-state index in [-0.39, 0.29) is 12.2 Å². The predicted octanol–water partition coefficient (Wildman–Crippen LogP) is 3.22. The van der Waals surface area contributed by atoms with Gasteiger partial charge in [-0.15, -0.1) is 0 Å². The van der Waals surface area contributed by atoms with Crippen molar-refractivity contribution in [2.75, 3.05) is 0 Å². The maximum atomic E-state index is 12.0. The zero-order chi connectivity index (χ0) is 15.6. The molecule has 0 spiro atoms. The van der Waals surface area contributed by atoms with Crippen molar-refractivity contribution in [1.82, 2.24) is 4.57 Å². The molecule has 0 saturated heterocycles. The Kier molecular flexibility index (Phi) is 4.26. The molecule has 0 atom stereocenters. The summed E-state index contributed by atoms with van der Waals surface area (Å²) >= 11 is 0. The Labute approximate surface area is 124 Å². The van der Waals surface area contributed by atoms with Gasteiger partial charge in [0.25, 0.3) is 0 Å². The largest absolute Gasteiger partial charge is 0.481 e. The highest BCUT2D eigenvalue weighted by Crippen LogP contribution is 2.33. The molecule has 0 aliphatic heterocycles. The van der Waals surface area contributed by atoms with Gasteiger partial charge in [0.05, 0.1) is 6.42 Å². The smallest absolute Gasteiger partial charge is 0.303 e. The molecule has 2 aromatic rings. The molecule has 0 radical (unpaired) electrons. The van der Waals surface area contributed by atoms with Crippen molar-refractivity contribution in [3.63, 3.8) is 0 Å². The number of carbonyl (C=O) groups is 2. The molecule has 1 heterocycles. The lowest BCUT2D eigenvalue weighted by atomic mass is 9.96. The predicted molar refractivity (Wildman–Crippen MR) is 81.5 cm³/mol. The molecule has 4 nitrogen and oxygen atoms in total. The summed E-state index contributed by atoms with van der Waals surface area (Å²) in [7, 11) is 1.88. The molecule has 0 aliphatic carbocycles. The van der Waals surface area contributed by atoms with Crippen LogP contribution in [0.1, 0.15) is 35.1 Å². The van der Waals surface area contributed by atoms with E-state index >= 15 is 0 Å². The first-order valence-corrected chi connectivity index (χ1v) is 6.89. The first kappa shape index (κ1) is 15.0. The van der Waals surface area contributed by atoms with Crippen LogP contribution < -0.4 is 0 Å². The standard InChI is InChI=1S/C17H19NO3/c1-11-16(12(2)19)17(13-7-5-4-6-8-13)14(18(11)3)9-10-15(20)21/h4-8H,9-10H2,1-3H3,(H,20,21). The molecule has 0 aliphatic rings. The zero-order valence-electron chi connectivity index (χ0n) is 12.5. The summed E-state index contributed by atoms with van der Waals surface area (Å²) in [4.78, 5) is 22.9. The lowest BCUT2D eigenvalue weighted by molar-refractivity contribution is -0.136. The topological polar surface area (TPSA) is 59.3 Å². The van der Waals surface area contributed by atoms with Crippen molar-refractivity contribution in [1.29, 1.82) is 0 Å². The SMILES string of the molecule is CC(=O)c1c(-c2ccccc2)c(CCC(=O)O)n(C)c1C. The molecule has 1 aromatic heterocycles. The fourth-order valence-electron chi connectivity index (χ4n) is 2.73. The first-order valence-electron chi connectivity index (χ1n) is 6.89. The van der Waals surface area contributed by atoms with Crippen molar-refractivity contribution in [3.05, 3.63) is 47.3 Å². The maximum Gasteiger partial charge on any atom is 0.303 e. The number of carbonyl (C=O) groups excluding carboxylic acids is 1. The number of aromatic nitrogens is 1. The van der Waals surface area contributed by atoms with E-state index in [4.69, 9.17) is 5.11 Å². The molecule has 2 rings (SSSR count). The van der Waals surface area contributed by atoms with Gasteiger partial charge in [-0.25, -0.2) is 0 Å². The first-order chi connectivity index (χ1) is 9.93. The van der Waals surface area contributed by atoms with Crippen LogP contribution in [0.3, 0.4) is 0 Å². The van der Waals surface area contributed by atoms with Crippen LogP contribution in [0.25, 0.3) is 11.1 Å². The molecule has 110 valence electrons. The Morgan fingerprint density at radius 1 is 1.19 bits per heavy atom. The number of hydrogen-bond donors (Lipinski definition) is 1. The quantitative estimate of drug-likeness (QED) is 0.858. The van der Waals surface area contributed by atoms with E-state index in [0.29, 0.717) is 12.0 Å². The van der Waals surface area contributed by atoms with Crippen molar-refractivity contribution < 1.29 is 14.7 Å². The summed E-state index contributed by atoms with van der Waals surface area (Å²) in [6.45, 7) is 3.45. The highest BCUT2D eigenvalue weighted by Gasteiger charge is 2.22. The Bertz CT molecular complexity index is 684. The van der Waals surface area contributed by atoms with E-state index in [1.54, 1.807) is 6.92 Å². The Hall–Kier alpha value is -2.36. The number of Topliss-reactive ketones (excluding diaryl/α,β-unsaturated/α-hetero) is 1. The number of ketones is 1. The summed E-state index contributed by atoms with van der Waals surface area (Å²) < 4.78 is 1.93. The summed E-state index contributed by atoms with van der Waals surface area (Å²) in [6.07, 6.45) is 0.457. The number of rotatable bonds is 5. The molecular weight excluding hydrogens is 266 g/mol. The van der Waals surface area contributed by atoms with Crippen LogP contribution >= 0.6 is 0 Å². The second-order valence-corrected chi connectivity index (χ2v) is 5.16. The van der Waals surface area contributed by atoms with Crippen molar-refractivity contribution >= 4 is 11.8 Å². The molecule has 0 unspecified atom stereocenters. The number of aliphatic carboxylic acids is 1. The Morgan fingerprint density at radius 2 is 1.81 bits per heavy atom. The van der Waals surface area contributed by atoms with Crippen LogP contribution in [0.4, 0.5) is 0 Å². The van der Waals surface area contributed by atoms with Crippen LogP contribution in [0, 0.1) is 6.92 Å².